The number of fused-ring (bicyclic) bond motifs is 1. The zero-order valence-corrected chi connectivity index (χ0v) is 20.5. The molecule has 0 spiro atoms. The zero-order chi connectivity index (χ0) is 24.7. The molecular formula is C26H30FN7O. The fourth-order valence-electron chi connectivity index (χ4n) is 4.82. The van der Waals surface area contributed by atoms with Crippen LogP contribution < -0.4 is 10.5 Å². The number of hydrogen-bond donors (Lipinski definition) is 1. The fourth-order valence-corrected chi connectivity index (χ4v) is 4.82. The molecule has 0 aliphatic carbocycles. The predicted molar refractivity (Wildman–Crippen MR) is 134 cm³/mol. The van der Waals surface area contributed by atoms with Gasteiger partial charge in [0.2, 0.25) is 0 Å². The van der Waals surface area contributed by atoms with Gasteiger partial charge in [0.05, 0.1) is 11.2 Å². The molecule has 0 saturated carbocycles. The van der Waals surface area contributed by atoms with Gasteiger partial charge < -0.3 is 9.88 Å². The summed E-state index contributed by atoms with van der Waals surface area (Å²) in [4.78, 5) is 20.7. The molecular weight excluding hydrogens is 445 g/mol. The quantitative estimate of drug-likeness (QED) is 0.485. The minimum atomic E-state index is -0.444. The SMILES string of the molecule is Cc1ccc2[nH]c(=O)c([C@H](c3nnnn3C(C)(C)C)N3CCN(c4ccccc4F)CC3)cc2c1. The van der Waals surface area contributed by atoms with E-state index in [1.807, 2.05) is 56.9 Å². The lowest BCUT2D eigenvalue weighted by Gasteiger charge is -2.40. The van der Waals surface area contributed by atoms with Crippen molar-refractivity contribution in [3.63, 3.8) is 0 Å². The number of rotatable bonds is 4. The first kappa shape index (κ1) is 23.2. The van der Waals surface area contributed by atoms with Crippen LogP contribution in [0.15, 0.2) is 53.3 Å². The number of H-pyrrole nitrogens is 1. The Kier molecular flexibility index (Phi) is 5.88. The number of benzene rings is 2. The van der Waals surface area contributed by atoms with Crippen molar-refractivity contribution in [2.75, 3.05) is 31.1 Å². The number of halogens is 1. The molecule has 1 N–H and O–H groups in total. The number of anilines is 1. The Morgan fingerprint density at radius 3 is 2.49 bits per heavy atom. The number of pyridine rings is 1. The Labute approximate surface area is 203 Å². The molecule has 182 valence electrons. The van der Waals surface area contributed by atoms with Gasteiger partial charge in [0.25, 0.3) is 5.56 Å². The maximum atomic E-state index is 14.4. The van der Waals surface area contributed by atoms with Crippen molar-refractivity contribution in [1.29, 1.82) is 0 Å². The Balaban J connectivity index is 1.57. The van der Waals surface area contributed by atoms with Crippen molar-refractivity contribution in [2.24, 2.45) is 0 Å². The number of nitrogens with one attached hydrogen (secondary N) is 1. The van der Waals surface area contributed by atoms with Gasteiger partial charge in [-0.05, 0) is 73.8 Å². The fraction of sp³-hybridized carbons (Fsp3) is 0.385. The highest BCUT2D eigenvalue weighted by Crippen LogP contribution is 2.31. The van der Waals surface area contributed by atoms with E-state index in [0.717, 1.165) is 16.5 Å². The van der Waals surface area contributed by atoms with Crippen LogP contribution in [0.1, 0.15) is 43.8 Å². The van der Waals surface area contributed by atoms with E-state index in [2.05, 4.69) is 31.5 Å². The molecule has 4 aromatic rings. The number of nitrogens with zero attached hydrogens (tertiary/aromatic N) is 6. The molecule has 0 unspecified atom stereocenters. The molecule has 0 bridgehead atoms. The van der Waals surface area contributed by atoms with Crippen LogP contribution in [0.4, 0.5) is 10.1 Å². The Hall–Kier alpha value is -3.59. The number of hydrogen-bond acceptors (Lipinski definition) is 6. The summed E-state index contributed by atoms with van der Waals surface area (Å²) in [5.74, 6) is 0.393. The lowest BCUT2D eigenvalue weighted by molar-refractivity contribution is 0.190. The molecule has 1 atom stereocenters. The van der Waals surface area contributed by atoms with Crippen LogP contribution in [0.25, 0.3) is 10.9 Å². The monoisotopic (exact) mass is 475 g/mol. The molecule has 5 rings (SSSR count). The second kappa shape index (κ2) is 8.88. The lowest BCUT2D eigenvalue weighted by atomic mass is 10.0. The van der Waals surface area contributed by atoms with Crippen LogP contribution in [0.2, 0.25) is 0 Å². The summed E-state index contributed by atoms with van der Waals surface area (Å²) in [5.41, 5.74) is 2.58. The van der Waals surface area contributed by atoms with Crippen LogP contribution >= 0.6 is 0 Å². The third kappa shape index (κ3) is 4.43. The van der Waals surface area contributed by atoms with Crippen molar-refractivity contribution in [3.8, 4) is 0 Å². The Morgan fingerprint density at radius 2 is 1.77 bits per heavy atom. The van der Waals surface area contributed by atoms with Gasteiger partial charge in [-0.1, -0.05) is 23.8 Å². The van der Waals surface area contributed by atoms with Gasteiger partial charge in [-0.3, -0.25) is 9.69 Å². The Morgan fingerprint density at radius 1 is 1.03 bits per heavy atom. The minimum absolute atomic E-state index is 0.161. The maximum absolute atomic E-state index is 14.4. The molecule has 0 amide bonds. The highest BCUT2D eigenvalue weighted by Gasteiger charge is 2.35. The summed E-state index contributed by atoms with van der Waals surface area (Å²) in [7, 11) is 0. The molecule has 1 aliphatic heterocycles. The average Bonchev–Trinajstić information content (AvgIpc) is 3.31. The van der Waals surface area contributed by atoms with E-state index in [1.165, 1.54) is 6.07 Å². The van der Waals surface area contributed by atoms with Crippen LogP contribution in [-0.2, 0) is 5.54 Å². The van der Waals surface area contributed by atoms with Gasteiger partial charge in [0.1, 0.15) is 11.9 Å². The highest BCUT2D eigenvalue weighted by molar-refractivity contribution is 5.79. The number of piperazine rings is 1. The molecule has 35 heavy (non-hydrogen) atoms. The van der Waals surface area contributed by atoms with Crippen molar-refractivity contribution in [3.05, 3.63) is 81.7 Å². The zero-order valence-electron chi connectivity index (χ0n) is 20.5. The molecule has 2 aromatic heterocycles. The van der Waals surface area contributed by atoms with Gasteiger partial charge in [0.15, 0.2) is 5.82 Å². The van der Waals surface area contributed by atoms with Gasteiger partial charge in [-0.2, -0.15) is 0 Å². The first-order valence-electron chi connectivity index (χ1n) is 11.9. The van der Waals surface area contributed by atoms with Crippen LogP contribution in [-0.4, -0.2) is 56.3 Å². The summed E-state index contributed by atoms with van der Waals surface area (Å²) in [6.45, 7) is 10.6. The second-order valence-electron chi connectivity index (χ2n) is 10.1. The number of para-hydroxylation sites is 1. The van der Waals surface area contributed by atoms with E-state index in [0.29, 0.717) is 43.3 Å². The lowest BCUT2D eigenvalue weighted by Crippen LogP contribution is -2.49. The third-order valence-electron chi connectivity index (χ3n) is 6.57. The van der Waals surface area contributed by atoms with Crippen molar-refractivity contribution in [2.45, 2.75) is 39.3 Å². The Bertz CT molecular complexity index is 1410. The molecule has 1 aliphatic rings. The molecule has 9 heteroatoms. The van der Waals surface area contributed by atoms with E-state index in [-0.39, 0.29) is 16.9 Å². The van der Waals surface area contributed by atoms with E-state index >= 15 is 0 Å². The van der Waals surface area contributed by atoms with Gasteiger partial charge >= 0.3 is 0 Å². The highest BCUT2D eigenvalue weighted by atomic mass is 19.1. The summed E-state index contributed by atoms with van der Waals surface area (Å²) in [5, 5.41) is 13.6. The number of tetrazole rings is 1. The standard InChI is InChI=1S/C26H30FN7O/c1-17-9-10-21-18(15-17)16-19(25(35)28-21)23(24-29-30-31-34(24)26(2,3)4)33-13-11-32(12-14-33)22-8-6-5-7-20(22)27/h5-10,15-16,23H,11-14H2,1-4H3,(H,28,35)/t23-/m1/s1. The van der Waals surface area contributed by atoms with E-state index in [1.54, 1.807) is 16.8 Å². The van der Waals surface area contributed by atoms with Crippen molar-refractivity contribution in [1.82, 2.24) is 30.1 Å². The largest absolute Gasteiger partial charge is 0.367 e. The first-order chi connectivity index (χ1) is 16.7. The topological polar surface area (TPSA) is 82.9 Å². The first-order valence-corrected chi connectivity index (χ1v) is 11.9. The molecule has 3 heterocycles. The number of aryl methyl sites for hydroxylation is 1. The third-order valence-corrected chi connectivity index (χ3v) is 6.57. The van der Waals surface area contributed by atoms with Crippen molar-refractivity contribution >= 4 is 16.6 Å². The number of aromatic amines is 1. The molecule has 1 fully saturated rings. The second-order valence-corrected chi connectivity index (χ2v) is 10.1. The van der Waals surface area contributed by atoms with Gasteiger partial charge in [0, 0.05) is 37.3 Å². The van der Waals surface area contributed by atoms with Crippen LogP contribution in [0, 0.1) is 12.7 Å². The summed E-state index contributed by atoms with van der Waals surface area (Å²) in [6.07, 6.45) is 0. The number of aromatic nitrogens is 5. The van der Waals surface area contributed by atoms with Gasteiger partial charge in [-0.25, -0.2) is 9.07 Å². The summed E-state index contributed by atoms with van der Waals surface area (Å²) < 4.78 is 16.2. The van der Waals surface area contributed by atoms with Crippen molar-refractivity contribution < 1.29 is 4.39 Å². The smallest absolute Gasteiger partial charge is 0.253 e. The van der Waals surface area contributed by atoms with E-state index in [9.17, 15) is 9.18 Å². The molecule has 8 nitrogen and oxygen atoms in total. The predicted octanol–water partition coefficient (Wildman–Crippen LogP) is 3.63. The van der Waals surface area contributed by atoms with Crippen LogP contribution in [0.3, 0.4) is 0 Å². The van der Waals surface area contributed by atoms with E-state index in [4.69, 9.17) is 0 Å². The summed E-state index contributed by atoms with van der Waals surface area (Å²) in [6, 6.07) is 14.3. The van der Waals surface area contributed by atoms with E-state index < -0.39 is 6.04 Å². The maximum Gasteiger partial charge on any atom is 0.253 e. The summed E-state index contributed by atoms with van der Waals surface area (Å²) >= 11 is 0. The molecule has 0 radical (unpaired) electrons. The van der Waals surface area contributed by atoms with Gasteiger partial charge in [-0.15, -0.1) is 5.10 Å². The van der Waals surface area contributed by atoms with Crippen LogP contribution in [0.5, 0.6) is 0 Å². The normalized spacial score (nSPS) is 16.1. The molecule has 1 saturated heterocycles. The average molecular weight is 476 g/mol. The molecule has 2 aromatic carbocycles. The minimum Gasteiger partial charge on any atom is -0.367 e.